The number of hydrogen-bond donors (Lipinski definition) is 1. The van der Waals surface area contributed by atoms with Gasteiger partial charge < -0.3 is 10.6 Å². The molecule has 0 aromatic carbocycles. The van der Waals surface area contributed by atoms with E-state index in [0.29, 0.717) is 12.8 Å². The van der Waals surface area contributed by atoms with E-state index in [9.17, 15) is 18.0 Å². The van der Waals surface area contributed by atoms with Crippen molar-refractivity contribution in [3.8, 4) is 0 Å². The molecule has 0 aromatic rings. The van der Waals surface area contributed by atoms with Crippen LogP contribution in [0.2, 0.25) is 0 Å². The molecule has 0 heterocycles. The zero-order valence-corrected chi connectivity index (χ0v) is 9.42. The van der Waals surface area contributed by atoms with Crippen LogP contribution in [-0.2, 0) is 4.79 Å². The minimum Gasteiger partial charge on any atom is -0.329 e. The largest absolute Gasteiger partial charge is 0.406 e. The Bertz CT molecular complexity index is 261. The highest BCUT2D eigenvalue weighted by Gasteiger charge is 2.42. The molecule has 0 aromatic heterocycles. The van der Waals surface area contributed by atoms with Crippen LogP contribution in [0.5, 0.6) is 0 Å². The molecule has 1 fully saturated rings. The van der Waals surface area contributed by atoms with Gasteiger partial charge in [-0.2, -0.15) is 13.2 Å². The van der Waals surface area contributed by atoms with Crippen molar-refractivity contribution < 1.29 is 18.0 Å². The van der Waals surface area contributed by atoms with Crippen molar-refractivity contribution in [2.24, 2.45) is 11.7 Å². The van der Waals surface area contributed by atoms with Gasteiger partial charge in [0.2, 0.25) is 5.91 Å². The second-order valence-corrected chi connectivity index (χ2v) is 4.58. The molecule has 16 heavy (non-hydrogen) atoms. The van der Waals surface area contributed by atoms with E-state index in [2.05, 4.69) is 0 Å². The van der Waals surface area contributed by atoms with Gasteiger partial charge in [0.05, 0.1) is 6.04 Å². The lowest BCUT2D eigenvalue weighted by Gasteiger charge is -2.28. The third-order valence-corrected chi connectivity index (χ3v) is 2.62. The molecule has 1 unspecified atom stereocenters. The first-order chi connectivity index (χ1) is 7.22. The summed E-state index contributed by atoms with van der Waals surface area (Å²) >= 11 is 0. The Morgan fingerprint density at radius 2 is 1.94 bits per heavy atom. The van der Waals surface area contributed by atoms with Crippen molar-refractivity contribution in [1.82, 2.24) is 4.90 Å². The summed E-state index contributed by atoms with van der Waals surface area (Å²) in [4.78, 5) is 12.6. The summed E-state index contributed by atoms with van der Waals surface area (Å²) in [5, 5.41) is 0. The van der Waals surface area contributed by atoms with Crippen LogP contribution in [0.25, 0.3) is 0 Å². The lowest BCUT2D eigenvalue weighted by Crippen LogP contribution is -2.50. The molecule has 0 spiro atoms. The summed E-state index contributed by atoms with van der Waals surface area (Å²) in [6, 6.07) is -1.11. The molecule has 2 N–H and O–H groups in total. The number of hydrogen-bond acceptors (Lipinski definition) is 2. The van der Waals surface area contributed by atoms with Gasteiger partial charge in [-0.1, -0.05) is 13.8 Å². The molecular weight excluding hydrogens is 221 g/mol. The van der Waals surface area contributed by atoms with Crippen LogP contribution in [0.1, 0.15) is 26.7 Å². The van der Waals surface area contributed by atoms with E-state index in [1.165, 1.54) is 0 Å². The Hall–Kier alpha value is -0.780. The highest BCUT2D eigenvalue weighted by atomic mass is 19.4. The summed E-state index contributed by atoms with van der Waals surface area (Å²) in [7, 11) is 0. The predicted molar refractivity (Wildman–Crippen MR) is 53.6 cm³/mol. The molecule has 0 radical (unpaired) electrons. The van der Waals surface area contributed by atoms with Crippen molar-refractivity contribution in [1.29, 1.82) is 0 Å². The lowest BCUT2D eigenvalue weighted by molar-refractivity contribution is -0.163. The van der Waals surface area contributed by atoms with Gasteiger partial charge in [0, 0.05) is 6.04 Å². The molecule has 0 saturated heterocycles. The van der Waals surface area contributed by atoms with E-state index in [1.807, 2.05) is 0 Å². The monoisotopic (exact) mass is 238 g/mol. The fourth-order valence-electron chi connectivity index (χ4n) is 1.44. The highest BCUT2D eigenvalue weighted by Crippen LogP contribution is 2.30. The molecule has 1 saturated carbocycles. The lowest BCUT2D eigenvalue weighted by atomic mass is 10.0. The van der Waals surface area contributed by atoms with Gasteiger partial charge in [0.15, 0.2) is 0 Å². The van der Waals surface area contributed by atoms with Crippen LogP contribution in [0.4, 0.5) is 13.2 Å². The SMILES string of the molecule is CC(C)C(N)C(=O)N(CC(F)(F)F)C1CC1. The second kappa shape index (κ2) is 4.61. The van der Waals surface area contributed by atoms with Crippen molar-refractivity contribution in [3.63, 3.8) is 0 Å². The fraction of sp³-hybridized carbons (Fsp3) is 0.900. The van der Waals surface area contributed by atoms with Crippen molar-refractivity contribution in [3.05, 3.63) is 0 Å². The molecule has 1 rings (SSSR count). The first-order valence-electron chi connectivity index (χ1n) is 5.35. The zero-order valence-electron chi connectivity index (χ0n) is 9.42. The van der Waals surface area contributed by atoms with Gasteiger partial charge >= 0.3 is 6.18 Å². The molecule has 1 aliphatic rings. The van der Waals surface area contributed by atoms with Gasteiger partial charge in [-0.15, -0.1) is 0 Å². The van der Waals surface area contributed by atoms with E-state index >= 15 is 0 Å². The Kier molecular flexibility index (Phi) is 3.83. The molecule has 6 heteroatoms. The minimum atomic E-state index is -4.35. The highest BCUT2D eigenvalue weighted by molar-refractivity contribution is 5.82. The van der Waals surface area contributed by atoms with Gasteiger partial charge in [-0.05, 0) is 18.8 Å². The van der Waals surface area contributed by atoms with E-state index in [4.69, 9.17) is 5.73 Å². The summed E-state index contributed by atoms with van der Waals surface area (Å²) < 4.78 is 36.9. The van der Waals surface area contributed by atoms with Gasteiger partial charge in [-0.3, -0.25) is 4.79 Å². The zero-order chi connectivity index (χ0) is 12.5. The first kappa shape index (κ1) is 13.3. The third-order valence-electron chi connectivity index (χ3n) is 2.62. The third kappa shape index (κ3) is 3.66. The van der Waals surface area contributed by atoms with E-state index in [0.717, 1.165) is 4.90 Å². The molecule has 1 atom stereocenters. The number of alkyl halides is 3. The molecule has 1 aliphatic carbocycles. The van der Waals surface area contributed by atoms with E-state index in [1.54, 1.807) is 13.8 Å². The van der Waals surface area contributed by atoms with Crippen LogP contribution in [0.15, 0.2) is 0 Å². The van der Waals surface area contributed by atoms with Gasteiger partial charge in [0.25, 0.3) is 0 Å². The van der Waals surface area contributed by atoms with Crippen molar-refractivity contribution in [2.75, 3.05) is 6.54 Å². The van der Waals surface area contributed by atoms with E-state index in [-0.39, 0.29) is 12.0 Å². The van der Waals surface area contributed by atoms with Crippen molar-refractivity contribution >= 4 is 5.91 Å². The average molecular weight is 238 g/mol. The summed E-state index contributed by atoms with van der Waals surface area (Å²) in [5.41, 5.74) is 5.59. The van der Waals surface area contributed by atoms with Crippen LogP contribution in [0.3, 0.4) is 0 Å². The topological polar surface area (TPSA) is 46.3 Å². The van der Waals surface area contributed by atoms with Crippen LogP contribution >= 0.6 is 0 Å². The van der Waals surface area contributed by atoms with Crippen LogP contribution in [0, 0.1) is 5.92 Å². The number of rotatable bonds is 4. The molecular formula is C10H17F3N2O. The molecule has 94 valence electrons. The maximum absolute atomic E-state index is 12.3. The van der Waals surface area contributed by atoms with E-state index < -0.39 is 24.7 Å². The Morgan fingerprint density at radius 3 is 2.25 bits per heavy atom. The molecule has 3 nitrogen and oxygen atoms in total. The van der Waals surface area contributed by atoms with Crippen LogP contribution in [-0.4, -0.2) is 35.6 Å². The number of carbonyl (C=O) groups excluding carboxylic acids is 1. The number of halogens is 3. The van der Waals surface area contributed by atoms with Crippen molar-refractivity contribution in [2.45, 2.75) is 44.9 Å². The Morgan fingerprint density at radius 1 is 1.44 bits per heavy atom. The normalized spacial score (nSPS) is 18.7. The predicted octanol–water partition coefficient (Wildman–Crippen LogP) is 1.52. The minimum absolute atomic E-state index is 0.151. The summed E-state index contributed by atoms with van der Waals surface area (Å²) in [6.45, 7) is 2.26. The number of nitrogens with two attached hydrogens (primary N) is 1. The Balaban J connectivity index is 2.66. The quantitative estimate of drug-likeness (QED) is 0.807. The first-order valence-corrected chi connectivity index (χ1v) is 5.35. The van der Waals surface area contributed by atoms with Gasteiger partial charge in [-0.25, -0.2) is 0 Å². The fourth-order valence-corrected chi connectivity index (χ4v) is 1.44. The van der Waals surface area contributed by atoms with Crippen LogP contribution < -0.4 is 5.73 Å². The number of nitrogens with zero attached hydrogens (tertiary/aromatic N) is 1. The standard InChI is InChI=1S/C10H17F3N2O/c1-6(2)8(14)9(16)15(7-3-4-7)5-10(11,12)13/h6-8H,3-5,14H2,1-2H3. The second-order valence-electron chi connectivity index (χ2n) is 4.58. The smallest absolute Gasteiger partial charge is 0.329 e. The Labute approximate surface area is 92.8 Å². The average Bonchev–Trinajstić information content (AvgIpc) is 2.93. The number of carbonyl (C=O) groups is 1. The van der Waals surface area contributed by atoms with Gasteiger partial charge in [0.1, 0.15) is 6.54 Å². The molecule has 1 amide bonds. The maximum atomic E-state index is 12.3. The maximum Gasteiger partial charge on any atom is 0.406 e. The molecule has 0 aliphatic heterocycles. The summed E-state index contributed by atoms with van der Waals surface area (Å²) in [6.07, 6.45) is -3.06. The summed E-state index contributed by atoms with van der Waals surface area (Å²) in [5.74, 6) is -0.739. The number of amides is 1. The molecule has 0 bridgehead atoms.